The quantitative estimate of drug-likeness (QED) is 0.599. The van der Waals surface area contributed by atoms with E-state index in [9.17, 15) is 23.4 Å². The first-order valence-electron chi connectivity index (χ1n) is 4.84. The molecule has 2 unspecified atom stereocenters. The molecule has 1 aromatic rings. The first-order chi connectivity index (χ1) is 8.27. The largest absolute Gasteiger partial charge is 0.467 e. The van der Waals surface area contributed by atoms with E-state index in [1.165, 1.54) is 18.2 Å². The summed E-state index contributed by atoms with van der Waals surface area (Å²) < 4.78 is 26.5. The molecule has 8 heteroatoms. The maximum atomic E-state index is 11.1. The van der Waals surface area contributed by atoms with Gasteiger partial charge in [-0.3, -0.25) is 0 Å². The standard InChI is InChI=1S/C10H13NO6S/c1-17-10(14)9(13)8(12)6-3-2-4-7(5-6)18(11,15)16/h2-5,8-9,12-13H,1H3,(H2,11,15,16). The average molecular weight is 275 g/mol. The fourth-order valence-corrected chi connectivity index (χ4v) is 1.88. The number of aliphatic hydroxyl groups is 2. The lowest BCUT2D eigenvalue weighted by atomic mass is 10.0. The summed E-state index contributed by atoms with van der Waals surface area (Å²) in [4.78, 5) is 10.8. The molecule has 0 radical (unpaired) electrons. The van der Waals surface area contributed by atoms with Crippen LogP contribution in [0, 0.1) is 0 Å². The predicted molar refractivity (Wildman–Crippen MR) is 60.8 cm³/mol. The molecule has 0 heterocycles. The molecule has 0 aliphatic heterocycles. The number of esters is 1. The van der Waals surface area contributed by atoms with Crippen LogP contribution >= 0.6 is 0 Å². The van der Waals surface area contributed by atoms with Gasteiger partial charge in [-0.2, -0.15) is 0 Å². The molecule has 0 bridgehead atoms. The van der Waals surface area contributed by atoms with Crippen LogP contribution in [0.25, 0.3) is 0 Å². The number of primary sulfonamides is 1. The van der Waals surface area contributed by atoms with Gasteiger partial charge in [-0.15, -0.1) is 0 Å². The second kappa shape index (κ2) is 5.44. The first-order valence-corrected chi connectivity index (χ1v) is 6.38. The first kappa shape index (κ1) is 14.6. The van der Waals surface area contributed by atoms with Crippen molar-refractivity contribution in [2.45, 2.75) is 17.1 Å². The third-order valence-corrected chi connectivity index (χ3v) is 3.18. The number of nitrogens with two attached hydrogens (primary N) is 1. The lowest BCUT2D eigenvalue weighted by molar-refractivity contribution is -0.156. The summed E-state index contributed by atoms with van der Waals surface area (Å²) in [5.74, 6) is -1.02. The third kappa shape index (κ3) is 3.26. The van der Waals surface area contributed by atoms with Crippen molar-refractivity contribution in [1.82, 2.24) is 0 Å². The number of rotatable bonds is 4. The Hall–Kier alpha value is -1.48. The van der Waals surface area contributed by atoms with E-state index in [1.807, 2.05) is 0 Å². The van der Waals surface area contributed by atoms with Crippen LogP contribution in [0.5, 0.6) is 0 Å². The van der Waals surface area contributed by atoms with E-state index in [0.29, 0.717) is 0 Å². The molecule has 0 amide bonds. The number of sulfonamides is 1. The highest BCUT2D eigenvalue weighted by molar-refractivity contribution is 7.89. The van der Waals surface area contributed by atoms with Gasteiger partial charge in [0.2, 0.25) is 10.0 Å². The molecule has 0 aliphatic rings. The molecule has 0 saturated heterocycles. The zero-order valence-corrected chi connectivity index (χ0v) is 10.3. The van der Waals surface area contributed by atoms with Crippen molar-refractivity contribution in [1.29, 1.82) is 0 Å². The van der Waals surface area contributed by atoms with Gasteiger partial charge in [-0.25, -0.2) is 18.4 Å². The molecule has 100 valence electrons. The highest BCUT2D eigenvalue weighted by atomic mass is 32.2. The number of benzene rings is 1. The lowest BCUT2D eigenvalue weighted by Gasteiger charge is -2.16. The molecule has 0 aliphatic carbocycles. The lowest BCUT2D eigenvalue weighted by Crippen LogP contribution is -2.29. The normalized spacial score (nSPS) is 14.9. The van der Waals surface area contributed by atoms with Crippen LogP contribution in [-0.2, 0) is 19.6 Å². The van der Waals surface area contributed by atoms with Gasteiger partial charge in [0.1, 0.15) is 6.10 Å². The minimum absolute atomic E-state index is 0.0411. The van der Waals surface area contributed by atoms with Gasteiger partial charge < -0.3 is 14.9 Å². The van der Waals surface area contributed by atoms with Crippen molar-refractivity contribution in [3.05, 3.63) is 29.8 Å². The number of methoxy groups -OCH3 is 1. The maximum absolute atomic E-state index is 11.1. The number of hydrogen-bond donors (Lipinski definition) is 3. The number of ether oxygens (including phenoxy) is 1. The topological polar surface area (TPSA) is 127 Å². The average Bonchev–Trinajstić information content (AvgIpc) is 2.35. The maximum Gasteiger partial charge on any atom is 0.337 e. The van der Waals surface area contributed by atoms with E-state index in [2.05, 4.69) is 4.74 Å². The molecule has 2 atom stereocenters. The highest BCUT2D eigenvalue weighted by Crippen LogP contribution is 2.20. The van der Waals surface area contributed by atoms with E-state index in [4.69, 9.17) is 5.14 Å². The Kier molecular flexibility index (Phi) is 4.41. The Labute approximate surface area is 104 Å². The van der Waals surface area contributed by atoms with E-state index in [0.717, 1.165) is 13.2 Å². The van der Waals surface area contributed by atoms with Crippen LogP contribution in [0.1, 0.15) is 11.7 Å². The highest BCUT2D eigenvalue weighted by Gasteiger charge is 2.27. The number of carbonyl (C=O) groups is 1. The smallest absolute Gasteiger partial charge is 0.337 e. The second-order valence-corrected chi connectivity index (χ2v) is 5.09. The summed E-state index contributed by atoms with van der Waals surface area (Å²) in [6.45, 7) is 0. The fraction of sp³-hybridized carbons (Fsp3) is 0.300. The molecule has 0 aromatic heterocycles. The molecular formula is C10H13NO6S. The van der Waals surface area contributed by atoms with Gasteiger partial charge in [0.05, 0.1) is 12.0 Å². The Morgan fingerprint density at radius 3 is 2.50 bits per heavy atom. The minimum atomic E-state index is -3.92. The summed E-state index contributed by atoms with van der Waals surface area (Å²) in [5, 5.41) is 24.0. The second-order valence-electron chi connectivity index (χ2n) is 3.53. The van der Waals surface area contributed by atoms with Gasteiger partial charge in [0.25, 0.3) is 0 Å². The molecule has 0 spiro atoms. The molecule has 0 fully saturated rings. The van der Waals surface area contributed by atoms with Gasteiger partial charge in [0, 0.05) is 0 Å². The summed E-state index contributed by atoms with van der Waals surface area (Å²) in [5.41, 5.74) is 0.0411. The number of hydrogen-bond acceptors (Lipinski definition) is 6. The predicted octanol–water partition coefficient (Wildman–Crippen LogP) is -1.10. The zero-order chi connectivity index (χ0) is 13.9. The molecule has 7 nitrogen and oxygen atoms in total. The van der Waals surface area contributed by atoms with Crippen molar-refractivity contribution < 1.29 is 28.2 Å². The van der Waals surface area contributed by atoms with Crippen LogP contribution in [0.4, 0.5) is 0 Å². The monoisotopic (exact) mass is 275 g/mol. The van der Waals surface area contributed by atoms with Crippen molar-refractivity contribution in [3.63, 3.8) is 0 Å². The molecular weight excluding hydrogens is 262 g/mol. The molecule has 1 aromatic carbocycles. The summed E-state index contributed by atoms with van der Waals surface area (Å²) >= 11 is 0. The van der Waals surface area contributed by atoms with Gasteiger partial charge in [-0.1, -0.05) is 12.1 Å². The van der Waals surface area contributed by atoms with Crippen LogP contribution in [-0.4, -0.2) is 37.8 Å². The van der Waals surface area contributed by atoms with Gasteiger partial charge in [0.15, 0.2) is 6.10 Å². The van der Waals surface area contributed by atoms with Crippen molar-refractivity contribution in [2.24, 2.45) is 5.14 Å². The van der Waals surface area contributed by atoms with Crippen LogP contribution in [0.3, 0.4) is 0 Å². The van der Waals surface area contributed by atoms with E-state index >= 15 is 0 Å². The Morgan fingerprint density at radius 1 is 1.39 bits per heavy atom. The van der Waals surface area contributed by atoms with E-state index in [1.54, 1.807) is 0 Å². The summed E-state index contributed by atoms with van der Waals surface area (Å²) in [6.07, 6.45) is -3.40. The Balaban J connectivity index is 3.08. The number of carbonyl (C=O) groups excluding carboxylic acids is 1. The minimum Gasteiger partial charge on any atom is -0.467 e. The summed E-state index contributed by atoms with van der Waals surface area (Å²) in [6, 6.07) is 5.00. The van der Waals surface area contributed by atoms with E-state index < -0.39 is 28.2 Å². The molecule has 18 heavy (non-hydrogen) atoms. The van der Waals surface area contributed by atoms with Gasteiger partial charge in [-0.05, 0) is 17.7 Å². The van der Waals surface area contributed by atoms with Crippen molar-refractivity contribution in [2.75, 3.05) is 7.11 Å². The molecule has 4 N–H and O–H groups in total. The summed E-state index contributed by atoms with van der Waals surface area (Å²) in [7, 11) is -2.86. The van der Waals surface area contributed by atoms with Crippen LogP contribution in [0.2, 0.25) is 0 Å². The van der Waals surface area contributed by atoms with Crippen LogP contribution < -0.4 is 5.14 Å². The third-order valence-electron chi connectivity index (χ3n) is 2.27. The number of aliphatic hydroxyl groups excluding tert-OH is 2. The van der Waals surface area contributed by atoms with Crippen LogP contribution in [0.15, 0.2) is 29.2 Å². The molecule has 0 saturated carbocycles. The SMILES string of the molecule is COC(=O)C(O)C(O)c1cccc(S(N)(=O)=O)c1. The van der Waals surface area contributed by atoms with Crippen molar-refractivity contribution >= 4 is 16.0 Å². The Bertz CT molecular complexity index is 541. The Morgan fingerprint density at radius 2 is 2.00 bits per heavy atom. The van der Waals surface area contributed by atoms with E-state index in [-0.39, 0.29) is 10.5 Å². The van der Waals surface area contributed by atoms with Gasteiger partial charge >= 0.3 is 5.97 Å². The molecule has 1 rings (SSSR count). The fourth-order valence-electron chi connectivity index (χ4n) is 1.31. The van der Waals surface area contributed by atoms with Crippen molar-refractivity contribution in [3.8, 4) is 0 Å². The zero-order valence-electron chi connectivity index (χ0n) is 9.48.